The number of benzene rings is 2. The number of furan rings is 1. The van der Waals surface area contributed by atoms with Crippen LogP contribution in [0.15, 0.2) is 52.9 Å². The van der Waals surface area contributed by atoms with Crippen LogP contribution in [-0.4, -0.2) is 60.6 Å². The highest BCUT2D eigenvalue weighted by molar-refractivity contribution is 5.88. The molecule has 2 amide bonds. The molecule has 32 heavy (non-hydrogen) atoms. The van der Waals surface area contributed by atoms with Gasteiger partial charge in [0.25, 0.3) is 0 Å². The lowest BCUT2D eigenvalue weighted by Crippen LogP contribution is -2.40. The fourth-order valence-corrected chi connectivity index (χ4v) is 4.73. The normalized spacial score (nSPS) is 17.2. The van der Waals surface area contributed by atoms with Gasteiger partial charge in [-0.2, -0.15) is 0 Å². The van der Waals surface area contributed by atoms with Crippen LogP contribution in [0.1, 0.15) is 24.3 Å². The Labute approximate surface area is 193 Å². The van der Waals surface area contributed by atoms with Crippen molar-refractivity contribution in [2.24, 2.45) is 0 Å². The van der Waals surface area contributed by atoms with Crippen molar-refractivity contribution in [1.82, 2.24) is 15.1 Å². The van der Waals surface area contributed by atoms with Gasteiger partial charge in [0.1, 0.15) is 17.2 Å². The van der Waals surface area contributed by atoms with Crippen molar-refractivity contribution in [1.29, 1.82) is 0 Å². The number of carbonyl (C=O) groups excluding carboxylic acids is 1. The topological polar surface area (TPSA) is 80.2 Å². The molecule has 172 valence electrons. The van der Waals surface area contributed by atoms with Gasteiger partial charge in [-0.3, -0.25) is 0 Å². The molecular formula is C24H29ClFN3O3. The molecule has 0 bridgehead atoms. The average Bonchev–Trinajstić information content (AvgIpc) is 3.36. The first kappa shape index (κ1) is 24.0. The number of amides is 2. The molecule has 3 heterocycles. The first-order valence-electron chi connectivity index (χ1n) is 10.7. The fourth-order valence-electron chi connectivity index (χ4n) is 4.73. The maximum atomic E-state index is 13.8. The minimum absolute atomic E-state index is 0. The summed E-state index contributed by atoms with van der Waals surface area (Å²) < 4.78 is 20.0. The first-order valence-corrected chi connectivity index (χ1v) is 10.7. The second-order valence-corrected chi connectivity index (χ2v) is 8.19. The van der Waals surface area contributed by atoms with Crippen LogP contribution in [0.25, 0.3) is 22.3 Å². The Morgan fingerprint density at radius 2 is 1.78 bits per heavy atom. The Balaban J connectivity index is 0.00000144. The molecule has 0 unspecified atom stereocenters. The summed E-state index contributed by atoms with van der Waals surface area (Å²) in [6.07, 6.45) is 2.05. The van der Waals surface area contributed by atoms with Crippen LogP contribution in [0.4, 0.5) is 9.18 Å². The Morgan fingerprint density at radius 1 is 1.03 bits per heavy atom. The van der Waals surface area contributed by atoms with Crippen molar-refractivity contribution in [3.05, 3.63) is 59.9 Å². The molecule has 1 aromatic heterocycles. The van der Waals surface area contributed by atoms with Gasteiger partial charge in [0.15, 0.2) is 0 Å². The average molecular weight is 462 g/mol. The largest absolute Gasteiger partial charge is 0.456 e. The zero-order chi connectivity index (χ0) is 20.5. The van der Waals surface area contributed by atoms with Gasteiger partial charge in [-0.15, -0.1) is 12.4 Å². The van der Waals surface area contributed by atoms with Crippen molar-refractivity contribution < 1.29 is 19.1 Å². The molecule has 0 radical (unpaired) electrons. The molecule has 2 fully saturated rings. The maximum absolute atomic E-state index is 13.8. The standard InChI is InChI=1S/C24H26FN3O2.ClH.H2O/c25-19-6-7-20-21(16-19)30-23(18-4-2-1-3-5-18)22(20)17-8-11-27(12-9-17)14-15-28-13-10-26-24(28)29;;/h1-7,16-17H,8-15H2,(H,26,29);1H;1H2. The lowest BCUT2D eigenvalue weighted by Gasteiger charge is -2.33. The number of nitrogens with zero attached hydrogens (tertiary/aromatic N) is 2. The highest BCUT2D eigenvalue weighted by atomic mass is 35.5. The Morgan fingerprint density at radius 3 is 2.47 bits per heavy atom. The zero-order valence-corrected chi connectivity index (χ0v) is 18.7. The van der Waals surface area contributed by atoms with Crippen molar-refractivity contribution in [2.75, 3.05) is 39.3 Å². The van der Waals surface area contributed by atoms with Crippen molar-refractivity contribution in [3.8, 4) is 11.3 Å². The molecule has 2 aliphatic heterocycles. The number of halogens is 2. The van der Waals surface area contributed by atoms with Crippen LogP contribution in [0.5, 0.6) is 0 Å². The predicted molar refractivity (Wildman–Crippen MR) is 126 cm³/mol. The molecule has 5 rings (SSSR count). The van der Waals surface area contributed by atoms with E-state index in [1.807, 2.05) is 41.3 Å². The molecule has 0 atom stereocenters. The summed E-state index contributed by atoms with van der Waals surface area (Å²) >= 11 is 0. The monoisotopic (exact) mass is 461 g/mol. The fraction of sp³-hybridized carbons (Fsp3) is 0.375. The molecule has 0 spiro atoms. The summed E-state index contributed by atoms with van der Waals surface area (Å²) in [6.45, 7) is 5.21. The number of piperidine rings is 1. The number of nitrogens with one attached hydrogen (secondary N) is 1. The molecule has 2 aromatic carbocycles. The van der Waals surface area contributed by atoms with Crippen molar-refractivity contribution in [3.63, 3.8) is 0 Å². The number of urea groups is 1. The Kier molecular flexibility index (Phi) is 7.77. The van der Waals surface area contributed by atoms with Crippen LogP contribution in [0.2, 0.25) is 0 Å². The second-order valence-electron chi connectivity index (χ2n) is 8.19. The summed E-state index contributed by atoms with van der Waals surface area (Å²) in [5.41, 5.74) is 2.85. The lowest BCUT2D eigenvalue weighted by atomic mass is 9.86. The summed E-state index contributed by atoms with van der Waals surface area (Å²) in [6, 6.07) is 15.0. The van der Waals surface area contributed by atoms with Crippen molar-refractivity contribution >= 4 is 29.4 Å². The first-order chi connectivity index (χ1) is 14.7. The molecule has 3 N–H and O–H groups in total. The van der Waals surface area contributed by atoms with Crippen LogP contribution < -0.4 is 5.32 Å². The smallest absolute Gasteiger partial charge is 0.317 e. The van der Waals surface area contributed by atoms with Gasteiger partial charge in [-0.05, 0) is 44.0 Å². The van der Waals surface area contributed by atoms with Crippen LogP contribution in [0.3, 0.4) is 0 Å². The van der Waals surface area contributed by atoms with Crippen LogP contribution >= 0.6 is 12.4 Å². The van der Waals surface area contributed by atoms with E-state index in [0.717, 1.165) is 68.8 Å². The van der Waals surface area contributed by atoms with E-state index in [1.54, 1.807) is 0 Å². The molecule has 6 nitrogen and oxygen atoms in total. The highest BCUT2D eigenvalue weighted by Gasteiger charge is 2.28. The number of hydrogen-bond donors (Lipinski definition) is 1. The molecule has 8 heteroatoms. The van der Waals surface area contributed by atoms with E-state index < -0.39 is 0 Å². The molecular weight excluding hydrogens is 433 g/mol. The molecule has 0 saturated carbocycles. The van der Waals surface area contributed by atoms with Gasteiger partial charge in [0.05, 0.1) is 0 Å². The third kappa shape index (κ3) is 4.75. The molecule has 2 aliphatic rings. The Bertz CT molecular complexity index is 1050. The minimum atomic E-state index is -0.275. The van der Waals surface area contributed by atoms with Gasteiger partial charge in [-0.25, -0.2) is 9.18 Å². The van der Waals surface area contributed by atoms with E-state index in [9.17, 15) is 9.18 Å². The summed E-state index contributed by atoms with van der Waals surface area (Å²) in [5.74, 6) is 0.963. The number of carbonyl (C=O) groups is 1. The summed E-state index contributed by atoms with van der Waals surface area (Å²) in [7, 11) is 0. The summed E-state index contributed by atoms with van der Waals surface area (Å²) in [5, 5.41) is 3.87. The number of hydrogen-bond acceptors (Lipinski definition) is 3. The lowest BCUT2D eigenvalue weighted by molar-refractivity contribution is 0.181. The molecule has 3 aromatic rings. The highest BCUT2D eigenvalue weighted by Crippen LogP contribution is 2.42. The van der Waals surface area contributed by atoms with E-state index in [0.29, 0.717) is 11.5 Å². The van der Waals surface area contributed by atoms with E-state index in [-0.39, 0.29) is 29.7 Å². The van der Waals surface area contributed by atoms with Gasteiger partial charge in [-0.1, -0.05) is 30.3 Å². The number of likely N-dealkylation sites (tertiary alicyclic amines) is 1. The van der Waals surface area contributed by atoms with Crippen molar-refractivity contribution in [2.45, 2.75) is 18.8 Å². The zero-order valence-electron chi connectivity index (χ0n) is 17.9. The summed E-state index contributed by atoms with van der Waals surface area (Å²) in [4.78, 5) is 16.1. The number of rotatable bonds is 5. The van der Waals surface area contributed by atoms with E-state index in [1.165, 1.54) is 17.7 Å². The van der Waals surface area contributed by atoms with Gasteiger partial charge < -0.3 is 25.0 Å². The van der Waals surface area contributed by atoms with Gasteiger partial charge in [0, 0.05) is 48.8 Å². The van der Waals surface area contributed by atoms with Gasteiger partial charge >= 0.3 is 6.03 Å². The van der Waals surface area contributed by atoms with Gasteiger partial charge in [0.2, 0.25) is 0 Å². The molecule has 0 aliphatic carbocycles. The quantitative estimate of drug-likeness (QED) is 0.622. The maximum Gasteiger partial charge on any atom is 0.317 e. The van der Waals surface area contributed by atoms with E-state index >= 15 is 0 Å². The van der Waals surface area contributed by atoms with Crippen LogP contribution in [-0.2, 0) is 0 Å². The van der Waals surface area contributed by atoms with Crippen LogP contribution in [0, 0.1) is 5.82 Å². The predicted octanol–water partition coefficient (Wildman–Crippen LogP) is 4.04. The third-order valence-electron chi connectivity index (χ3n) is 6.35. The minimum Gasteiger partial charge on any atom is -0.456 e. The van der Waals surface area contributed by atoms with E-state index in [4.69, 9.17) is 4.42 Å². The second kappa shape index (κ2) is 10.3. The SMILES string of the molecule is Cl.O.O=C1NCCN1CCN1CCC(c2c(-c3ccccc3)oc3cc(F)ccc23)CC1. The van der Waals surface area contributed by atoms with E-state index in [2.05, 4.69) is 10.2 Å². The third-order valence-corrected chi connectivity index (χ3v) is 6.35. The molecule has 2 saturated heterocycles. The Hall–Kier alpha value is -2.61. The number of fused-ring (bicyclic) bond motifs is 1.